The average molecular weight is 232 g/mol. The van der Waals surface area contributed by atoms with Crippen LogP contribution in [-0.2, 0) is 9.53 Å². The fraction of sp³-hybridized carbons (Fsp3) is 0.214. The van der Waals surface area contributed by atoms with Gasteiger partial charge >= 0.3 is 5.97 Å². The van der Waals surface area contributed by atoms with Crippen LogP contribution < -0.4 is 4.74 Å². The summed E-state index contributed by atoms with van der Waals surface area (Å²) in [7, 11) is 0. The van der Waals surface area contributed by atoms with E-state index in [0.717, 1.165) is 5.75 Å². The molecule has 3 heteroatoms. The van der Waals surface area contributed by atoms with E-state index in [2.05, 4.69) is 13.2 Å². The van der Waals surface area contributed by atoms with E-state index in [-0.39, 0.29) is 6.61 Å². The van der Waals surface area contributed by atoms with E-state index >= 15 is 0 Å². The molecule has 0 aromatic heterocycles. The maximum absolute atomic E-state index is 11.3. The molecule has 0 N–H and O–H groups in total. The number of hydrogen-bond donors (Lipinski definition) is 0. The van der Waals surface area contributed by atoms with Crippen molar-refractivity contribution in [2.24, 2.45) is 0 Å². The van der Waals surface area contributed by atoms with Gasteiger partial charge < -0.3 is 9.47 Å². The van der Waals surface area contributed by atoms with Crippen LogP contribution in [0.2, 0.25) is 0 Å². The zero-order chi connectivity index (χ0) is 12.7. The average Bonchev–Trinajstić information content (AvgIpc) is 2.35. The molecule has 0 heterocycles. The van der Waals surface area contributed by atoms with Gasteiger partial charge in [-0.25, -0.2) is 4.79 Å². The van der Waals surface area contributed by atoms with Gasteiger partial charge in [-0.2, -0.15) is 0 Å². The molecule has 0 fully saturated rings. The summed E-state index contributed by atoms with van der Waals surface area (Å²) in [5.74, 6) is 0.289. The summed E-state index contributed by atoms with van der Waals surface area (Å²) in [6, 6.07) is 9.32. The minimum absolute atomic E-state index is 0.243. The monoisotopic (exact) mass is 232 g/mol. The second kappa shape index (κ2) is 6.53. The third kappa shape index (κ3) is 4.55. The van der Waals surface area contributed by atoms with E-state index in [0.29, 0.717) is 5.57 Å². The molecule has 0 spiro atoms. The third-order valence-corrected chi connectivity index (χ3v) is 2.03. The molecule has 0 aliphatic heterocycles. The fourth-order valence-electron chi connectivity index (χ4n) is 1.08. The van der Waals surface area contributed by atoms with Crippen molar-refractivity contribution in [2.45, 2.75) is 13.0 Å². The number of rotatable bonds is 6. The van der Waals surface area contributed by atoms with Crippen LogP contribution >= 0.6 is 0 Å². The summed E-state index contributed by atoms with van der Waals surface area (Å²) in [6.45, 7) is 8.95. The number of esters is 1. The Morgan fingerprint density at radius 1 is 1.41 bits per heavy atom. The molecule has 1 aromatic carbocycles. The molecule has 0 saturated heterocycles. The van der Waals surface area contributed by atoms with Crippen LogP contribution in [0, 0.1) is 0 Å². The Morgan fingerprint density at radius 3 is 2.59 bits per heavy atom. The van der Waals surface area contributed by atoms with Gasteiger partial charge in [0.15, 0.2) is 6.10 Å². The molecule has 0 bridgehead atoms. The second-order valence-corrected chi connectivity index (χ2v) is 3.58. The van der Waals surface area contributed by atoms with Crippen molar-refractivity contribution < 1.29 is 14.3 Å². The molecule has 1 rings (SSSR count). The summed E-state index contributed by atoms with van der Waals surface area (Å²) in [6.07, 6.45) is 1.06. The largest absolute Gasteiger partial charge is 0.489 e. The molecule has 0 aliphatic carbocycles. The van der Waals surface area contributed by atoms with Crippen molar-refractivity contribution in [3.63, 3.8) is 0 Å². The topological polar surface area (TPSA) is 35.5 Å². The molecule has 0 saturated carbocycles. The SMILES string of the molecule is C=CC(COc1ccccc1)OC(=O)C(=C)C. The summed E-state index contributed by atoms with van der Waals surface area (Å²) >= 11 is 0. The smallest absolute Gasteiger partial charge is 0.333 e. The van der Waals surface area contributed by atoms with Gasteiger partial charge in [0.2, 0.25) is 0 Å². The van der Waals surface area contributed by atoms with Gasteiger partial charge in [0.1, 0.15) is 12.4 Å². The van der Waals surface area contributed by atoms with Crippen LogP contribution in [0.4, 0.5) is 0 Å². The van der Waals surface area contributed by atoms with Crippen LogP contribution in [0.5, 0.6) is 5.75 Å². The summed E-state index contributed by atoms with van der Waals surface area (Å²) < 4.78 is 10.6. The lowest BCUT2D eigenvalue weighted by molar-refractivity contribution is -0.143. The first-order chi connectivity index (χ1) is 8.13. The molecular weight excluding hydrogens is 216 g/mol. The Hall–Kier alpha value is -2.03. The zero-order valence-corrected chi connectivity index (χ0v) is 9.89. The highest BCUT2D eigenvalue weighted by atomic mass is 16.6. The van der Waals surface area contributed by atoms with Crippen molar-refractivity contribution in [3.05, 3.63) is 55.1 Å². The molecule has 1 atom stereocenters. The molecule has 1 unspecified atom stereocenters. The lowest BCUT2D eigenvalue weighted by Gasteiger charge is -2.15. The number of carbonyl (C=O) groups is 1. The Kier molecular flexibility index (Phi) is 5.01. The highest BCUT2D eigenvalue weighted by molar-refractivity contribution is 5.87. The predicted molar refractivity (Wildman–Crippen MR) is 66.8 cm³/mol. The number of para-hydroxylation sites is 1. The van der Waals surface area contributed by atoms with Crippen molar-refractivity contribution in [2.75, 3.05) is 6.61 Å². The number of carbonyl (C=O) groups excluding carboxylic acids is 1. The van der Waals surface area contributed by atoms with E-state index in [1.54, 1.807) is 6.92 Å². The number of hydrogen-bond acceptors (Lipinski definition) is 3. The lowest BCUT2D eigenvalue weighted by Crippen LogP contribution is -2.23. The quantitative estimate of drug-likeness (QED) is 0.430. The summed E-state index contributed by atoms with van der Waals surface area (Å²) in [4.78, 5) is 11.3. The zero-order valence-electron chi connectivity index (χ0n) is 9.89. The molecule has 17 heavy (non-hydrogen) atoms. The second-order valence-electron chi connectivity index (χ2n) is 3.58. The van der Waals surface area contributed by atoms with Crippen molar-refractivity contribution >= 4 is 5.97 Å². The first-order valence-electron chi connectivity index (χ1n) is 5.30. The Balaban J connectivity index is 2.45. The third-order valence-electron chi connectivity index (χ3n) is 2.03. The first-order valence-corrected chi connectivity index (χ1v) is 5.30. The van der Waals surface area contributed by atoms with Gasteiger partial charge in [-0.05, 0) is 25.1 Å². The Bertz CT molecular complexity index is 395. The minimum atomic E-state index is -0.473. The van der Waals surface area contributed by atoms with Crippen LogP contribution in [0.15, 0.2) is 55.1 Å². The van der Waals surface area contributed by atoms with E-state index in [9.17, 15) is 4.79 Å². The van der Waals surface area contributed by atoms with Crippen LogP contribution in [0.3, 0.4) is 0 Å². The van der Waals surface area contributed by atoms with E-state index in [4.69, 9.17) is 9.47 Å². The lowest BCUT2D eigenvalue weighted by atomic mass is 10.3. The summed E-state index contributed by atoms with van der Waals surface area (Å²) in [5, 5.41) is 0. The Labute approximate surface area is 101 Å². The molecule has 0 aliphatic rings. The summed E-state index contributed by atoms with van der Waals surface area (Å²) in [5.41, 5.74) is 0.358. The van der Waals surface area contributed by atoms with Crippen LogP contribution in [-0.4, -0.2) is 18.7 Å². The van der Waals surface area contributed by atoms with Gasteiger partial charge in [-0.3, -0.25) is 0 Å². The van der Waals surface area contributed by atoms with Crippen molar-refractivity contribution in [1.82, 2.24) is 0 Å². The van der Waals surface area contributed by atoms with E-state index in [1.807, 2.05) is 30.3 Å². The maximum atomic E-state index is 11.3. The van der Waals surface area contributed by atoms with Crippen molar-refractivity contribution in [3.8, 4) is 5.75 Å². The highest BCUT2D eigenvalue weighted by Gasteiger charge is 2.12. The van der Waals surface area contributed by atoms with Gasteiger partial charge in [-0.15, -0.1) is 0 Å². The molecule has 0 radical (unpaired) electrons. The van der Waals surface area contributed by atoms with Crippen LogP contribution in [0.1, 0.15) is 6.92 Å². The standard InChI is InChI=1S/C14H16O3/c1-4-12(17-14(15)11(2)3)10-16-13-8-6-5-7-9-13/h4-9,12H,1-2,10H2,3H3. The van der Waals surface area contributed by atoms with Gasteiger partial charge in [-0.1, -0.05) is 31.4 Å². The van der Waals surface area contributed by atoms with Crippen molar-refractivity contribution in [1.29, 1.82) is 0 Å². The molecule has 1 aromatic rings. The van der Waals surface area contributed by atoms with Gasteiger partial charge in [0.05, 0.1) is 0 Å². The number of ether oxygens (including phenoxy) is 2. The molecular formula is C14H16O3. The first kappa shape index (κ1) is 13.0. The normalized spacial score (nSPS) is 11.4. The number of benzene rings is 1. The van der Waals surface area contributed by atoms with Gasteiger partial charge in [0.25, 0.3) is 0 Å². The predicted octanol–water partition coefficient (Wildman–Crippen LogP) is 2.74. The highest BCUT2D eigenvalue weighted by Crippen LogP contribution is 2.10. The van der Waals surface area contributed by atoms with E-state index < -0.39 is 12.1 Å². The minimum Gasteiger partial charge on any atom is -0.489 e. The van der Waals surface area contributed by atoms with Gasteiger partial charge in [0, 0.05) is 5.57 Å². The molecule has 0 amide bonds. The fourth-order valence-corrected chi connectivity index (χ4v) is 1.08. The maximum Gasteiger partial charge on any atom is 0.333 e. The van der Waals surface area contributed by atoms with E-state index in [1.165, 1.54) is 6.08 Å². The van der Waals surface area contributed by atoms with Crippen LogP contribution in [0.25, 0.3) is 0 Å². The molecule has 3 nitrogen and oxygen atoms in total. The Morgan fingerprint density at radius 2 is 2.06 bits per heavy atom. The molecule has 90 valence electrons.